The maximum atomic E-state index is 11.4. The number of hydrogen-bond acceptors (Lipinski definition) is 5. The molecule has 0 heterocycles. The van der Waals surface area contributed by atoms with Gasteiger partial charge in [0.25, 0.3) is 11.6 Å². The van der Waals surface area contributed by atoms with Crippen LogP contribution in [-0.2, 0) is 4.79 Å². The van der Waals surface area contributed by atoms with Gasteiger partial charge < -0.3 is 5.73 Å². The van der Waals surface area contributed by atoms with E-state index in [1.165, 1.54) is 24.3 Å². The molecule has 8 nitrogen and oxygen atoms in total. The van der Waals surface area contributed by atoms with E-state index < -0.39 is 16.9 Å². The monoisotopic (exact) mass is 260 g/mol. The molecule has 0 aliphatic carbocycles. The van der Waals surface area contributed by atoms with Crippen LogP contribution in [0.2, 0.25) is 0 Å². The van der Waals surface area contributed by atoms with E-state index in [1.54, 1.807) is 11.4 Å². The van der Waals surface area contributed by atoms with Crippen molar-refractivity contribution >= 4 is 23.7 Å². The Bertz CT molecular complexity index is 615. The number of nitro groups is 1. The molecule has 0 aliphatic heterocycles. The van der Waals surface area contributed by atoms with E-state index in [1.807, 2.05) is 0 Å². The molecule has 1 aromatic carbocycles. The molecule has 0 aliphatic rings. The second-order valence-corrected chi connectivity index (χ2v) is 3.34. The molecule has 0 unspecified atom stereocenters. The maximum Gasteiger partial charge on any atom is 0.319 e. The normalized spacial score (nSPS) is 10.4. The number of nitro benzene ring substituents is 1. The van der Waals surface area contributed by atoms with Crippen molar-refractivity contribution < 1.29 is 14.5 Å². The van der Waals surface area contributed by atoms with Gasteiger partial charge in [0.15, 0.2) is 0 Å². The fourth-order valence-electron chi connectivity index (χ4n) is 1.22. The number of urea groups is 1. The highest BCUT2D eigenvalue weighted by molar-refractivity contribution is 6.08. The van der Waals surface area contributed by atoms with Crippen molar-refractivity contribution in [1.29, 1.82) is 5.26 Å². The van der Waals surface area contributed by atoms with Crippen molar-refractivity contribution in [3.8, 4) is 6.07 Å². The predicted octanol–water partition coefficient (Wildman–Crippen LogP) is 0.697. The van der Waals surface area contributed by atoms with Crippen LogP contribution in [0.3, 0.4) is 0 Å². The average molecular weight is 260 g/mol. The molecule has 0 radical (unpaired) electrons. The van der Waals surface area contributed by atoms with Crippen molar-refractivity contribution in [3.63, 3.8) is 0 Å². The topological polar surface area (TPSA) is 139 Å². The number of hydrogen-bond donors (Lipinski definition) is 2. The minimum absolute atomic E-state index is 0.179. The first-order chi connectivity index (χ1) is 8.93. The number of nitrogens with one attached hydrogen (secondary N) is 1. The smallest absolute Gasteiger partial charge is 0.319 e. The van der Waals surface area contributed by atoms with Gasteiger partial charge in [0.1, 0.15) is 11.6 Å². The standard InChI is InChI=1S/C11H8N4O4/c12-6-8(10(16)14-11(13)17)4-7-2-1-3-9(5-7)15(18)19/h1-5H,(H3,13,14,16,17)/b8-4-. The quantitative estimate of drug-likeness (QED) is 0.356. The fourth-order valence-corrected chi connectivity index (χ4v) is 1.22. The first kappa shape index (κ1) is 13.9. The number of benzene rings is 1. The molecule has 1 rings (SSSR count). The zero-order chi connectivity index (χ0) is 14.4. The Kier molecular flexibility index (Phi) is 4.32. The Morgan fingerprint density at radius 2 is 2.16 bits per heavy atom. The van der Waals surface area contributed by atoms with E-state index in [-0.39, 0.29) is 16.8 Å². The van der Waals surface area contributed by atoms with Crippen LogP contribution < -0.4 is 11.1 Å². The van der Waals surface area contributed by atoms with Gasteiger partial charge in [-0.2, -0.15) is 5.26 Å². The van der Waals surface area contributed by atoms with Crippen molar-refractivity contribution in [2.45, 2.75) is 0 Å². The predicted molar refractivity (Wildman–Crippen MR) is 64.4 cm³/mol. The number of carbonyl (C=O) groups is 2. The zero-order valence-electron chi connectivity index (χ0n) is 9.49. The summed E-state index contributed by atoms with van der Waals surface area (Å²) >= 11 is 0. The molecule has 0 atom stereocenters. The lowest BCUT2D eigenvalue weighted by Gasteiger charge is -1.99. The van der Waals surface area contributed by atoms with E-state index in [2.05, 4.69) is 0 Å². The van der Waals surface area contributed by atoms with E-state index in [9.17, 15) is 19.7 Å². The molecule has 19 heavy (non-hydrogen) atoms. The molecule has 8 heteroatoms. The highest BCUT2D eigenvalue weighted by Crippen LogP contribution is 2.15. The molecule has 0 aromatic heterocycles. The number of non-ortho nitro benzene ring substituents is 1. The van der Waals surface area contributed by atoms with Gasteiger partial charge >= 0.3 is 6.03 Å². The van der Waals surface area contributed by atoms with Gasteiger partial charge in [-0.05, 0) is 11.6 Å². The SMILES string of the molecule is N#C/C(=C/c1cccc([N+](=O)[O-])c1)C(=O)NC(N)=O. The number of primary amides is 1. The molecule has 3 N–H and O–H groups in total. The fraction of sp³-hybridized carbons (Fsp3) is 0. The number of nitriles is 1. The Labute approximate surface area is 107 Å². The van der Waals surface area contributed by atoms with Crippen molar-refractivity contribution in [2.24, 2.45) is 5.73 Å². The third kappa shape index (κ3) is 3.94. The van der Waals surface area contributed by atoms with Crippen molar-refractivity contribution in [1.82, 2.24) is 5.32 Å². The summed E-state index contributed by atoms with van der Waals surface area (Å²) in [5.74, 6) is -0.971. The van der Waals surface area contributed by atoms with Crippen LogP contribution in [-0.4, -0.2) is 16.9 Å². The lowest BCUT2D eigenvalue weighted by Crippen LogP contribution is -2.35. The summed E-state index contributed by atoms with van der Waals surface area (Å²) in [7, 11) is 0. The first-order valence-corrected chi connectivity index (χ1v) is 4.91. The number of rotatable bonds is 3. The lowest BCUT2D eigenvalue weighted by molar-refractivity contribution is -0.384. The maximum absolute atomic E-state index is 11.4. The minimum Gasteiger partial charge on any atom is -0.351 e. The Balaban J connectivity index is 3.08. The number of nitrogens with zero attached hydrogens (tertiary/aromatic N) is 2. The minimum atomic E-state index is -1.09. The van der Waals surface area contributed by atoms with Crippen molar-refractivity contribution in [3.05, 3.63) is 45.5 Å². The van der Waals surface area contributed by atoms with E-state index in [4.69, 9.17) is 11.0 Å². The molecule has 0 spiro atoms. The molecule has 0 saturated heterocycles. The van der Waals surface area contributed by atoms with E-state index in [0.29, 0.717) is 0 Å². The van der Waals surface area contributed by atoms with Gasteiger partial charge in [-0.3, -0.25) is 20.2 Å². The number of amides is 3. The van der Waals surface area contributed by atoms with Gasteiger partial charge in [0.05, 0.1) is 4.92 Å². The van der Waals surface area contributed by atoms with E-state index in [0.717, 1.165) is 6.08 Å². The van der Waals surface area contributed by atoms with Crippen LogP contribution in [0.5, 0.6) is 0 Å². The van der Waals surface area contributed by atoms with Gasteiger partial charge in [0, 0.05) is 12.1 Å². The summed E-state index contributed by atoms with van der Waals surface area (Å²) in [5, 5.41) is 21.1. The molecular formula is C11H8N4O4. The van der Waals surface area contributed by atoms with Crippen molar-refractivity contribution in [2.75, 3.05) is 0 Å². The summed E-state index contributed by atoms with van der Waals surface area (Å²) in [6.07, 6.45) is 1.12. The molecule has 0 saturated carbocycles. The summed E-state index contributed by atoms with van der Waals surface area (Å²) in [6, 6.07) is 5.83. The molecule has 96 valence electrons. The van der Waals surface area contributed by atoms with Crippen LogP contribution in [0.25, 0.3) is 6.08 Å². The van der Waals surface area contributed by atoms with Gasteiger partial charge in [-0.25, -0.2) is 4.79 Å². The largest absolute Gasteiger partial charge is 0.351 e. The average Bonchev–Trinajstić information content (AvgIpc) is 2.35. The molecule has 3 amide bonds. The van der Waals surface area contributed by atoms with Crippen LogP contribution in [0.1, 0.15) is 5.56 Å². The zero-order valence-corrected chi connectivity index (χ0v) is 9.49. The third-order valence-electron chi connectivity index (χ3n) is 1.99. The summed E-state index contributed by atoms with van der Waals surface area (Å²) in [6.45, 7) is 0. The summed E-state index contributed by atoms with van der Waals surface area (Å²) < 4.78 is 0. The second kappa shape index (κ2) is 5.92. The second-order valence-electron chi connectivity index (χ2n) is 3.34. The number of carbonyl (C=O) groups excluding carboxylic acids is 2. The van der Waals surface area contributed by atoms with Crippen LogP contribution >= 0.6 is 0 Å². The van der Waals surface area contributed by atoms with Crippen LogP contribution in [0.4, 0.5) is 10.5 Å². The molecular weight excluding hydrogens is 252 g/mol. The molecule has 1 aromatic rings. The van der Waals surface area contributed by atoms with Crippen LogP contribution in [0.15, 0.2) is 29.8 Å². The van der Waals surface area contributed by atoms with Crippen LogP contribution in [0, 0.1) is 21.4 Å². The summed E-state index contributed by atoms with van der Waals surface area (Å²) in [5.41, 5.74) is 4.46. The molecule has 0 fully saturated rings. The Hall–Kier alpha value is -3.21. The number of nitrogens with two attached hydrogens (primary N) is 1. The highest BCUT2D eigenvalue weighted by atomic mass is 16.6. The van der Waals surface area contributed by atoms with Gasteiger partial charge in [0.2, 0.25) is 0 Å². The number of imide groups is 1. The van der Waals surface area contributed by atoms with E-state index >= 15 is 0 Å². The van der Waals surface area contributed by atoms with Gasteiger partial charge in [-0.15, -0.1) is 0 Å². The summed E-state index contributed by atoms with van der Waals surface area (Å²) in [4.78, 5) is 31.8. The Morgan fingerprint density at radius 3 is 2.68 bits per heavy atom. The Morgan fingerprint density at radius 1 is 1.47 bits per heavy atom. The highest BCUT2D eigenvalue weighted by Gasteiger charge is 2.12. The first-order valence-electron chi connectivity index (χ1n) is 4.91. The van der Waals surface area contributed by atoms with Gasteiger partial charge in [-0.1, -0.05) is 12.1 Å². The third-order valence-corrected chi connectivity index (χ3v) is 1.99. The molecule has 0 bridgehead atoms. The lowest BCUT2D eigenvalue weighted by atomic mass is 10.1.